The maximum absolute atomic E-state index is 12.3. The van der Waals surface area contributed by atoms with Crippen LogP contribution in [0.4, 0.5) is 0 Å². The molecular formula is C15H23ClN2O2S. The van der Waals surface area contributed by atoms with Crippen LogP contribution in [0.5, 0.6) is 0 Å². The van der Waals surface area contributed by atoms with Gasteiger partial charge in [0.2, 0.25) is 0 Å². The van der Waals surface area contributed by atoms with Crippen LogP contribution in [-0.2, 0) is 17.6 Å². The molecule has 1 fully saturated rings. The van der Waals surface area contributed by atoms with E-state index in [1.54, 1.807) is 18.4 Å². The van der Waals surface area contributed by atoms with Gasteiger partial charge in [-0.3, -0.25) is 4.79 Å². The van der Waals surface area contributed by atoms with Crippen LogP contribution in [0.15, 0.2) is 6.07 Å². The number of rotatable bonds is 5. The second-order valence-electron chi connectivity index (χ2n) is 5.84. The first-order chi connectivity index (χ1) is 9.72. The zero-order valence-corrected chi connectivity index (χ0v) is 14.0. The highest BCUT2D eigenvalue weighted by Gasteiger charge is 2.34. The van der Waals surface area contributed by atoms with Crippen LogP contribution in [0, 0.1) is 0 Å². The van der Waals surface area contributed by atoms with E-state index in [-0.39, 0.29) is 23.9 Å². The largest absolute Gasteiger partial charge is 0.383 e. The third-order valence-electron chi connectivity index (χ3n) is 4.31. The van der Waals surface area contributed by atoms with Gasteiger partial charge >= 0.3 is 0 Å². The molecule has 6 heteroatoms. The van der Waals surface area contributed by atoms with Crippen molar-refractivity contribution in [3.8, 4) is 0 Å². The number of carbonyl (C=O) groups excluding carboxylic acids is 1. The van der Waals surface area contributed by atoms with Crippen molar-refractivity contribution in [2.24, 2.45) is 0 Å². The minimum atomic E-state index is -0.0790. The minimum Gasteiger partial charge on any atom is -0.383 e. The quantitative estimate of drug-likeness (QED) is 0.870. The molecule has 1 atom stereocenters. The van der Waals surface area contributed by atoms with Crippen molar-refractivity contribution in [2.75, 3.05) is 26.8 Å². The molecule has 1 saturated heterocycles. The average Bonchev–Trinajstić information content (AvgIpc) is 3.11. The van der Waals surface area contributed by atoms with Crippen molar-refractivity contribution in [3.05, 3.63) is 21.4 Å². The maximum atomic E-state index is 12.3. The SMILES string of the molecule is COCC1(CNC(=O)c2cc3c(s2)CCC3)CCCN1.Cl. The summed E-state index contributed by atoms with van der Waals surface area (Å²) < 4.78 is 5.31. The molecule has 0 saturated carbocycles. The zero-order chi connectivity index (χ0) is 14.0. The van der Waals surface area contributed by atoms with E-state index in [9.17, 15) is 4.79 Å². The molecule has 118 valence electrons. The van der Waals surface area contributed by atoms with E-state index in [2.05, 4.69) is 16.7 Å². The Morgan fingerprint density at radius 3 is 3.00 bits per heavy atom. The van der Waals surface area contributed by atoms with Crippen molar-refractivity contribution < 1.29 is 9.53 Å². The molecule has 0 bridgehead atoms. The minimum absolute atomic E-state index is 0. The topological polar surface area (TPSA) is 50.4 Å². The normalized spacial score (nSPS) is 23.7. The highest BCUT2D eigenvalue weighted by atomic mass is 35.5. The van der Waals surface area contributed by atoms with E-state index in [1.807, 2.05) is 0 Å². The van der Waals surface area contributed by atoms with Gasteiger partial charge in [0.1, 0.15) is 0 Å². The Hall–Kier alpha value is -0.620. The molecule has 2 N–H and O–H groups in total. The Morgan fingerprint density at radius 2 is 2.33 bits per heavy atom. The molecule has 1 amide bonds. The van der Waals surface area contributed by atoms with Gasteiger partial charge in [0.05, 0.1) is 17.0 Å². The van der Waals surface area contributed by atoms with Crippen molar-refractivity contribution in [3.63, 3.8) is 0 Å². The van der Waals surface area contributed by atoms with Crippen LogP contribution in [0.25, 0.3) is 0 Å². The molecule has 3 rings (SSSR count). The van der Waals surface area contributed by atoms with Crippen molar-refractivity contribution in [1.29, 1.82) is 0 Å². The lowest BCUT2D eigenvalue weighted by Gasteiger charge is -2.28. The van der Waals surface area contributed by atoms with Crippen LogP contribution in [-0.4, -0.2) is 38.3 Å². The molecule has 0 radical (unpaired) electrons. The van der Waals surface area contributed by atoms with Crippen molar-refractivity contribution in [2.45, 2.75) is 37.6 Å². The van der Waals surface area contributed by atoms with Crippen molar-refractivity contribution >= 4 is 29.7 Å². The highest BCUT2D eigenvalue weighted by molar-refractivity contribution is 7.14. The third kappa shape index (κ3) is 3.59. The van der Waals surface area contributed by atoms with E-state index in [4.69, 9.17) is 4.74 Å². The number of halogens is 1. The Morgan fingerprint density at radius 1 is 1.48 bits per heavy atom. The Kier molecular flexibility index (Phi) is 5.66. The number of thiophene rings is 1. The molecular weight excluding hydrogens is 308 g/mol. The highest BCUT2D eigenvalue weighted by Crippen LogP contribution is 2.30. The smallest absolute Gasteiger partial charge is 0.261 e. The van der Waals surface area contributed by atoms with Gasteiger partial charge in [-0.2, -0.15) is 0 Å². The second kappa shape index (κ2) is 7.09. The predicted octanol–water partition coefficient (Wildman–Crippen LogP) is 2.16. The molecule has 1 aliphatic heterocycles. The second-order valence-corrected chi connectivity index (χ2v) is 6.98. The van der Waals surface area contributed by atoms with Gasteiger partial charge in [-0.15, -0.1) is 23.7 Å². The summed E-state index contributed by atoms with van der Waals surface area (Å²) in [6.07, 6.45) is 5.72. The van der Waals surface area contributed by atoms with Crippen molar-refractivity contribution in [1.82, 2.24) is 10.6 Å². The lowest BCUT2D eigenvalue weighted by atomic mass is 9.98. The lowest BCUT2D eigenvalue weighted by molar-refractivity contribution is 0.0896. The first kappa shape index (κ1) is 16.7. The molecule has 0 aromatic carbocycles. The van der Waals surface area contributed by atoms with Crippen LogP contribution in [0.1, 0.15) is 39.4 Å². The Balaban J connectivity index is 0.00000161. The fraction of sp³-hybridized carbons (Fsp3) is 0.667. The van der Waals surface area contributed by atoms with Gasteiger partial charge in [0.15, 0.2) is 0 Å². The number of fused-ring (bicyclic) bond motifs is 1. The fourth-order valence-electron chi connectivity index (χ4n) is 3.25. The van der Waals surface area contributed by atoms with Crippen LogP contribution in [0.3, 0.4) is 0 Å². The average molecular weight is 331 g/mol. The molecule has 4 nitrogen and oxygen atoms in total. The summed E-state index contributed by atoms with van der Waals surface area (Å²) >= 11 is 1.66. The van der Waals surface area contributed by atoms with E-state index in [0.29, 0.717) is 13.2 Å². The summed E-state index contributed by atoms with van der Waals surface area (Å²) in [5.41, 5.74) is 1.30. The van der Waals surface area contributed by atoms with Crippen LogP contribution < -0.4 is 10.6 Å². The number of methoxy groups -OCH3 is 1. The number of hydrogen-bond acceptors (Lipinski definition) is 4. The molecule has 1 aromatic rings. The molecule has 21 heavy (non-hydrogen) atoms. The van der Waals surface area contributed by atoms with E-state index < -0.39 is 0 Å². The van der Waals surface area contributed by atoms with Crippen LogP contribution in [0.2, 0.25) is 0 Å². The third-order valence-corrected chi connectivity index (χ3v) is 5.55. The predicted molar refractivity (Wildman–Crippen MR) is 87.8 cm³/mol. The fourth-order valence-corrected chi connectivity index (χ4v) is 4.42. The standard InChI is InChI=1S/C15H22N2O2S.ClH/c1-19-10-15(6-3-7-17-15)9-16-14(18)13-8-11-4-2-5-12(11)20-13;/h8,17H,2-7,9-10H2,1H3,(H,16,18);1H. The summed E-state index contributed by atoms with van der Waals surface area (Å²) in [5, 5.41) is 6.56. The number of amides is 1. The molecule has 1 aliphatic carbocycles. The number of hydrogen-bond donors (Lipinski definition) is 2. The lowest BCUT2D eigenvalue weighted by Crippen LogP contribution is -2.52. The summed E-state index contributed by atoms with van der Waals surface area (Å²) in [4.78, 5) is 14.5. The van der Waals surface area contributed by atoms with Gasteiger partial charge in [0.25, 0.3) is 5.91 Å². The van der Waals surface area contributed by atoms with Crippen LogP contribution >= 0.6 is 23.7 Å². The molecule has 2 aliphatic rings. The molecule has 0 spiro atoms. The summed E-state index contributed by atoms with van der Waals surface area (Å²) in [7, 11) is 1.72. The van der Waals surface area contributed by atoms with Gasteiger partial charge in [-0.25, -0.2) is 0 Å². The maximum Gasteiger partial charge on any atom is 0.261 e. The van der Waals surface area contributed by atoms with E-state index in [1.165, 1.54) is 16.9 Å². The molecule has 2 heterocycles. The summed E-state index contributed by atoms with van der Waals surface area (Å²) in [6, 6.07) is 2.08. The number of ether oxygens (including phenoxy) is 1. The summed E-state index contributed by atoms with van der Waals surface area (Å²) in [6.45, 7) is 2.29. The van der Waals surface area contributed by atoms with Gasteiger partial charge in [0, 0.05) is 18.5 Å². The number of carbonyl (C=O) groups is 1. The Bertz CT molecular complexity index is 476. The van der Waals surface area contributed by atoms with E-state index >= 15 is 0 Å². The first-order valence-corrected chi connectivity index (χ1v) is 8.18. The monoisotopic (exact) mass is 330 g/mol. The molecule has 1 unspecified atom stereocenters. The zero-order valence-electron chi connectivity index (χ0n) is 12.4. The van der Waals surface area contributed by atoms with Gasteiger partial charge < -0.3 is 15.4 Å². The van der Waals surface area contributed by atoms with E-state index in [0.717, 1.165) is 37.1 Å². The number of nitrogens with one attached hydrogen (secondary N) is 2. The first-order valence-electron chi connectivity index (χ1n) is 7.36. The number of aryl methyl sites for hydroxylation is 2. The Labute approximate surface area is 136 Å². The summed E-state index contributed by atoms with van der Waals surface area (Å²) in [5.74, 6) is 0.0635. The van der Waals surface area contributed by atoms with Gasteiger partial charge in [-0.05, 0) is 50.3 Å². The molecule has 1 aromatic heterocycles. The van der Waals surface area contributed by atoms with Gasteiger partial charge in [-0.1, -0.05) is 0 Å².